The highest BCUT2D eigenvalue weighted by atomic mass is 35.5. The molecule has 0 amide bonds. The molecule has 0 aliphatic carbocycles. The zero-order valence-electron chi connectivity index (χ0n) is 19.4. The van der Waals surface area contributed by atoms with Crippen molar-refractivity contribution in [2.45, 2.75) is 19.5 Å². The monoisotopic (exact) mass is 468 g/mol. The third kappa shape index (κ3) is 5.09. The van der Waals surface area contributed by atoms with Crippen LogP contribution >= 0.6 is 11.6 Å². The number of pyridine rings is 1. The van der Waals surface area contributed by atoms with E-state index in [1.807, 2.05) is 30.5 Å². The normalized spacial score (nSPS) is 11.5. The molecule has 0 unspecified atom stereocenters. The summed E-state index contributed by atoms with van der Waals surface area (Å²) in [5.41, 5.74) is 6.01. The number of aromatic nitrogens is 2. The summed E-state index contributed by atoms with van der Waals surface area (Å²) < 4.78 is 2.23. The molecule has 34 heavy (non-hydrogen) atoms. The van der Waals surface area contributed by atoms with Crippen molar-refractivity contribution in [2.24, 2.45) is 7.05 Å². The molecule has 1 N–H and O–H groups in total. The van der Waals surface area contributed by atoms with Gasteiger partial charge in [-0.1, -0.05) is 60.1 Å². The van der Waals surface area contributed by atoms with Gasteiger partial charge in [0.1, 0.15) is 0 Å². The molecule has 172 valence electrons. The predicted octanol–water partition coefficient (Wildman–Crippen LogP) is 6.88. The summed E-state index contributed by atoms with van der Waals surface area (Å²) in [7, 11) is 2.13. The standard InChI is InChI=1S/C29H29ClN4/c1-33-20-23(25-10-5-6-11-29(25)33)21-34(19-22-8-3-2-4-9-22)17-7-15-31-27-14-16-32-28-18-24(30)12-13-26(27)28/h2-6,8-14,16,18,20H,7,15,17,19,21H2,1H3,(H,31,32). The fourth-order valence-corrected chi connectivity index (χ4v) is 4.82. The molecule has 0 saturated carbocycles. The molecule has 0 spiro atoms. The Morgan fingerprint density at radius 3 is 2.62 bits per heavy atom. The van der Waals surface area contributed by atoms with Gasteiger partial charge in [0.05, 0.1) is 5.52 Å². The number of hydrogen-bond acceptors (Lipinski definition) is 3. The second-order valence-electron chi connectivity index (χ2n) is 8.78. The van der Waals surface area contributed by atoms with Crippen LogP contribution in [0, 0.1) is 0 Å². The van der Waals surface area contributed by atoms with Crippen LogP contribution in [0.1, 0.15) is 17.5 Å². The maximum absolute atomic E-state index is 6.14. The molecule has 5 aromatic rings. The minimum atomic E-state index is 0.710. The van der Waals surface area contributed by atoms with Gasteiger partial charge in [-0.3, -0.25) is 9.88 Å². The summed E-state index contributed by atoms with van der Waals surface area (Å²) >= 11 is 6.14. The summed E-state index contributed by atoms with van der Waals surface area (Å²) in [6, 6.07) is 27.3. The lowest BCUT2D eigenvalue weighted by molar-refractivity contribution is 0.256. The minimum Gasteiger partial charge on any atom is -0.384 e. The molecule has 0 aliphatic rings. The number of hydrogen-bond donors (Lipinski definition) is 1. The van der Waals surface area contributed by atoms with Crippen molar-refractivity contribution in [2.75, 3.05) is 18.4 Å². The molecule has 5 rings (SSSR count). The number of anilines is 1. The van der Waals surface area contributed by atoms with Crippen LogP contribution in [0.4, 0.5) is 5.69 Å². The number of nitrogens with one attached hydrogen (secondary N) is 1. The highest BCUT2D eigenvalue weighted by Crippen LogP contribution is 2.25. The maximum atomic E-state index is 6.14. The third-order valence-electron chi connectivity index (χ3n) is 6.29. The molecule has 3 aromatic carbocycles. The van der Waals surface area contributed by atoms with Gasteiger partial charge in [-0.15, -0.1) is 0 Å². The molecule has 2 heterocycles. The van der Waals surface area contributed by atoms with Gasteiger partial charge in [-0.05, 0) is 47.9 Å². The van der Waals surface area contributed by atoms with Gasteiger partial charge in [-0.25, -0.2) is 0 Å². The molecular formula is C29H29ClN4. The molecule has 0 atom stereocenters. The van der Waals surface area contributed by atoms with E-state index in [2.05, 4.69) is 87.6 Å². The van der Waals surface area contributed by atoms with Crippen LogP contribution in [-0.2, 0) is 20.1 Å². The summed E-state index contributed by atoms with van der Waals surface area (Å²) in [5.74, 6) is 0. The number of nitrogens with zero attached hydrogens (tertiary/aromatic N) is 3. The molecular weight excluding hydrogens is 440 g/mol. The van der Waals surface area contributed by atoms with E-state index in [9.17, 15) is 0 Å². The van der Waals surface area contributed by atoms with E-state index < -0.39 is 0 Å². The lowest BCUT2D eigenvalue weighted by Crippen LogP contribution is -2.25. The molecule has 0 bridgehead atoms. The Morgan fingerprint density at radius 1 is 0.912 bits per heavy atom. The van der Waals surface area contributed by atoms with Crippen molar-refractivity contribution in [3.63, 3.8) is 0 Å². The number of rotatable bonds is 9. The van der Waals surface area contributed by atoms with Crippen LogP contribution in [-0.4, -0.2) is 27.5 Å². The Labute approximate surface area is 205 Å². The van der Waals surface area contributed by atoms with E-state index in [1.165, 1.54) is 22.0 Å². The molecule has 0 fully saturated rings. The zero-order chi connectivity index (χ0) is 23.3. The number of halogens is 1. The smallest absolute Gasteiger partial charge is 0.0737 e. The van der Waals surface area contributed by atoms with Crippen molar-refractivity contribution in [1.82, 2.24) is 14.5 Å². The first-order valence-corrected chi connectivity index (χ1v) is 12.1. The Bertz CT molecular complexity index is 1390. The van der Waals surface area contributed by atoms with E-state index in [-0.39, 0.29) is 0 Å². The number of aryl methyl sites for hydroxylation is 1. The highest BCUT2D eigenvalue weighted by Gasteiger charge is 2.12. The molecule has 5 heteroatoms. The number of fused-ring (bicyclic) bond motifs is 2. The first kappa shape index (κ1) is 22.5. The van der Waals surface area contributed by atoms with Gasteiger partial charge < -0.3 is 9.88 Å². The summed E-state index contributed by atoms with van der Waals surface area (Å²) in [4.78, 5) is 6.99. The van der Waals surface area contributed by atoms with Crippen LogP contribution in [0.3, 0.4) is 0 Å². The maximum Gasteiger partial charge on any atom is 0.0737 e. The average Bonchev–Trinajstić information content (AvgIpc) is 3.17. The minimum absolute atomic E-state index is 0.710. The van der Waals surface area contributed by atoms with Crippen LogP contribution in [0.15, 0.2) is 91.3 Å². The van der Waals surface area contributed by atoms with E-state index in [0.29, 0.717) is 5.02 Å². The number of benzene rings is 3. The Kier molecular flexibility index (Phi) is 6.79. The van der Waals surface area contributed by atoms with Crippen molar-refractivity contribution < 1.29 is 0 Å². The fourth-order valence-electron chi connectivity index (χ4n) is 4.65. The third-order valence-corrected chi connectivity index (χ3v) is 6.53. The number of para-hydroxylation sites is 1. The molecule has 0 radical (unpaired) electrons. The molecule has 0 saturated heterocycles. The Balaban J connectivity index is 1.28. The lowest BCUT2D eigenvalue weighted by Gasteiger charge is -2.23. The van der Waals surface area contributed by atoms with E-state index >= 15 is 0 Å². The average molecular weight is 469 g/mol. The Morgan fingerprint density at radius 2 is 1.74 bits per heavy atom. The van der Waals surface area contributed by atoms with Crippen LogP contribution in [0.2, 0.25) is 5.02 Å². The molecule has 4 nitrogen and oxygen atoms in total. The first-order valence-electron chi connectivity index (χ1n) is 11.7. The Hall–Kier alpha value is -3.34. The summed E-state index contributed by atoms with van der Waals surface area (Å²) in [6.45, 7) is 3.75. The van der Waals surface area contributed by atoms with Gasteiger partial charge in [0, 0.05) is 72.6 Å². The topological polar surface area (TPSA) is 33.1 Å². The van der Waals surface area contributed by atoms with Gasteiger partial charge in [0.15, 0.2) is 0 Å². The van der Waals surface area contributed by atoms with Gasteiger partial charge in [-0.2, -0.15) is 0 Å². The van der Waals surface area contributed by atoms with Crippen LogP contribution < -0.4 is 5.32 Å². The van der Waals surface area contributed by atoms with Gasteiger partial charge in [0.25, 0.3) is 0 Å². The van der Waals surface area contributed by atoms with Crippen molar-refractivity contribution in [1.29, 1.82) is 0 Å². The van der Waals surface area contributed by atoms with Gasteiger partial charge in [0.2, 0.25) is 0 Å². The van der Waals surface area contributed by atoms with E-state index in [4.69, 9.17) is 11.6 Å². The van der Waals surface area contributed by atoms with Gasteiger partial charge >= 0.3 is 0 Å². The molecule has 0 aliphatic heterocycles. The SMILES string of the molecule is Cn1cc(CN(CCCNc2ccnc3cc(Cl)ccc23)Cc2ccccc2)c2ccccc21. The van der Waals surface area contributed by atoms with E-state index in [0.717, 1.165) is 49.2 Å². The summed E-state index contributed by atoms with van der Waals surface area (Å²) in [5, 5.41) is 6.76. The van der Waals surface area contributed by atoms with Crippen LogP contribution in [0.25, 0.3) is 21.8 Å². The second kappa shape index (κ2) is 10.3. The predicted molar refractivity (Wildman–Crippen MR) is 143 cm³/mol. The van der Waals surface area contributed by atoms with Crippen molar-refractivity contribution >= 4 is 39.1 Å². The zero-order valence-corrected chi connectivity index (χ0v) is 20.2. The fraction of sp³-hybridized carbons (Fsp3) is 0.207. The van der Waals surface area contributed by atoms with E-state index in [1.54, 1.807) is 0 Å². The largest absolute Gasteiger partial charge is 0.384 e. The van der Waals surface area contributed by atoms with Crippen LogP contribution in [0.5, 0.6) is 0 Å². The first-order chi connectivity index (χ1) is 16.7. The molecule has 2 aromatic heterocycles. The highest BCUT2D eigenvalue weighted by molar-refractivity contribution is 6.31. The lowest BCUT2D eigenvalue weighted by atomic mass is 10.1. The summed E-state index contributed by atoms with van der Waals surface area (Å²) in [6.07, 6.45) is 5.15. The van der Waals surface area contributed by atoms with Crippen molar-refractivity contribution in [3.05, 3.63) is 107 Å². The van der Waals surface area contributed by atoms with Crippen molar-refractivity contribution in [3.8, 4) is 0 Å². The quantitative estimate of drug-likeness (QED) is 0.239. The second-order valence-corrected chi connectivity index (χ2v) is 9.22.